The van der Waals surface area contributed by atoms with E-state index in [1.165, 1.54) is 20.3 Å². The number of aliphatic hydroxyl groups excluding tert-OH is 1. The lowest BCUT2D eigenvalue weighted by atomic mass is 10.3. The number of hydrogen-bond acceptors (Lipinski definition) is 8. The Balaban J connectivity index is 2.87. The fraction of sp³-hybridized carbons (Fsp3) is 0.455. The van der Waals surface area contributed by atoms with Crippen molar-refractivity contribution in [2.24, 2.45) is 0 Å². The molecule has 0 atom stereocenters. The number of aromatic nitrogens is 3. The molecule has 0 bridgehead atoms. The van der Waals surface area contributed by atoms with Crippen molar-refractivity contribution in [2.45, 2.75) is 13.3 Å². The van der Waals surface area contributed by atoms with Crippen LogP contribution in [0.25, 0.3) is 6.08 Å². The van der Waals surface area contributed by atoms with Crippen molar-refractivity contribution in [3.8, 4) is 12.0 Å². The van der Waals surface area contributed by atoms with E-state index in [-0.39, 0.29) is 36.6 Å². The molecule has 8 nitrogen and oxygen atoms in total. The van der Waals surface area contributed by atoms with Gasteiger partial charge < -0.3 is 19.3 Å². The van der Waals surface area contributed by atoms with Gasteiger partial charge in [-0.05, 0) is 6.92 Å². The third-order valence-electron chi connectivity index (χ3n) is 1.90. The van der Waals surface area contributed by atoms with Crippen molar-refractivity contribution in [3.63, 3.8) is 0 Å². The first-order valence-electron chi connectivity index (χ1n) is 5.48. The molecule has 0 radical (unpaired) electrons. The van der Waals surface area contributed by atoms with E-state index >= 15 is 0 Å². The highest BCUT2D eigenvalue weighted by molar-refractivity contribution is 5.73. The van der Waals surface area contributed by atoms with Crippen molar-refractivity contribution in [2.75, 3.05) is 20.8 Å². The summed E-state index contributed by atoms with van der Waals surface area (Å²) in [7, 11) is 2.78. The summed E-state index contributed by atoms with van der Waals surface area (Å²) in [6, 6.07) is 0.0871. The van der Waals surface area contributed by atoms with E-state index in [1.54, 1.807) is 6.92 Å². The van der Waals surface area contributed by atoms with Gasteiger partial charge in [-0.1, -0.05) is 0 Å². The Kier molecular flexibility index (Phi) is 5.52. The maximum absolute atomic E-state index is 11.2. The summed E-state index contributed by atoms with van der Waals surface area (Å²) >= 11 is 0. The number of aliphatic hydroxyl groups is 1. The number of hydrogen-bond donors (Lipinski definition) is 1. The molecule has 8 heteroatoms. The summed E-state index contributed by atoms with van der Waals surface area (Å²) in [4.78, 5) is 22.7. The van der Waals surface area contributed by atoms with Crippen molar-refractivity contribution in [1.29, 1.82) is 0 Å². The highest BCUT2D eigenvalue weighted by atomic mass is 16.5. The van der Waals surface area contributed by atoms with Crippen LogP contribution in [-0.4, -0.2) is 46.9 Å². The van der Waals surface area contributed by atoms with Gasteiger partial charge in [0.05, 0.1) is 20.8 Å². The van der Waals surface area contributed by atoms with Gasteiger partial charge >= 0.3 is 18.0 Å². The lowest BCUT2D eigenvalue weighted by molar-refractivity contribution is -0.142. The average Bonchev–Trinajstić information content (AvgIpc) is 2.38. The van der Waals surface area contributed by atoms with Crippen molar-refractivity contribution < 1.29 is 24.1 Å². The normalized spacial score (nSPS) is 11.0. The Bertz CT molecular complexity index is 453. The second-order valence-corrected chi connectivity index (χ2v) is 3.28. The fourth-order valence-electron chi connectivity index (χ4n) is 1.16. The zero-order valence-electron chi connectivity index (χ0n) is 10.9. The van der Waals surface area contributed by atoms with Gasteiger partial charge in [0.15, 0.2) is 5.82 Å². The summed E-state index contributed by atoms with van der Waals surface area (Å²) in [5, 5.41) is 9.61. The summed E-state index contributed by atoms with van der Waals surface area (Å²) in [5.41, 5.74) is 0. The minimum atomic E-state index is -0.538. The van der Waals surface area contributed by atoms with Crippen LogP contribution in [0.3, 0.4) is 0 Å². The zero-order valence-corrected chi connectivity index (χ0v) is 10.9. The highest BCUT2D eigenvalue weighted by Crippen LogP contribution is 2.12. The minimum absolute atomic E-state index is 0.0436. The van der Waals surface area contributed by atoms with Crippen molar-refractivity contribution in [1.82, 2.24) is 15.0 Å². The first-order chi connectivity index (χ1) is 9.08. The van der Waals surface area contributed by atoms with E-state index in [0.717, 1.165) is 0 Å². The summed E-state index contributed by atoms with van der Waals surface area (Å²) in [6.07, 6.45) is 0.952. The predicted octanol–water partition coefficient (Wildman–Crippen LogP) is 0.741. The quantitative estimate of drug-likeness (QED) is 0.595. The molecule has 1 N–H and O–H groups in total. The van der Waals surface area contributed by atoms with E-state index in [1.807, 2.05) is 0 Å². The highest BCUT2D eigenvalue weighted by Gasteiger charge is 2.09. The van der Waals surface area contributed by atoms with Crippen LogP contribution in [0.1, 0.15) is 19.2 Å². The van der Waals surface area contributed by atoms with Gasteiger partial charge in [0.1, 0.15) is 12.2 Å². The molecule has 0 aliphatic carbocycles. The Morgan fingerprint density at radius 3 is 2.26 bits per heavy atom. The van der Waals surface area contributed by atoms with Gasteiger partial charge in [0.25, 0.3) is 0 Å². The SMILES string of the molecule is CCOC(=O)C/C(O)=C/c1nc(OC)nc(OC)n1. The first-order valence-corrected chi connectivity index (χ1v) is 5.48. The molecule has 0 unspecified atom stereocenters. The maximum atomic E-state index is 11.2. The number of methoxy groups -OCH3 is 2. The van der Waals surface area contributed by atoms with E-state index in [4.69, 9.17) is 14.2 Å². The molecule has 1 aromatic heterocycles. The van der Waals surface area contributed by atoms with Gasteiger partial charge in [-0.2, -0.15) is 9.97 Å². The smallest absolute Gasteiger partial charge is 0.322 e. The molecule has 0 spiro atoms. The monoisotopic (exact) mass is 269 g/mol. The van der Waals surface area contributed by atoms with E-state index < -0.39 is 5.97 Å². The molecule has 0 aliphatic heterocycles. The average molecular weight is 269 g/mol. The van der Waals surface area contributed by atoms with E-state index in [2.05, 4.69) is 15.0 Å². The van der Waals surface area contributed by atoms with Crippen LogP contribution in [0.5, 0.6) is 12.0 Å². The number of carbonyl (C=O) groups excluding carboxylic acids is 1. The van der Waals surface area contributed by atoms with Crippen LogP contribution >= 0.6 is 0 Å². The van der Waals surface area contributed by atoms with Crippen LogP contribution in [-0.2, 0) is 9.53 Å². The first kappa shape index (κ1) is 14.7. The topological polar surface area (TPSA) is 104 Å². The molecule has 19 heavy (non-hydrogen) atoms. The standard InChI is InChI=1S/C11H15N3O5/c1-4-19-9(16)6-7(15)5-8-12-10(17-2)14-11(13-8)18-3/h5,15H,4,6H2,1-3H3/b7-5-. The summed E-state index contributed by atoms with van der Waals surface area (Å²) in [6.45, 7) is 1.93. The molecule has 0 saturated heterocycles. The molecule has 0 aliphatic rings. The molecule has 0 saturated carbocycles. The molecule has 104 valence electrons. The fourth-order valence-corrected chi connectivity index (χ4v) is 1.16. The largest absolute Gasteiger partial charge is 0.512 e. The molecule has 0 fully saturated rings. The number of ether oxygens (including phenoxy) is 3. The number of nitrogens with zero attached hydrogens (tertiary/aromatic N) is 3. The van der Waals surface area contributed by atoms with Crippen molar-refractivity contribution in [3.05, 3.63) is 11.6 Å². The second-order valence-electron chi connectivity index (χ2n) is 3.28. The van der Waals surface area contributed by atoms with Gasteiger partial charge in [0.2, 0.25) is 0 Å². The molecular formula is C11H15N3O5. The number of carbonyl (C=O) groups is 1. The third kappa shape index (κ3) is 4.78. The maximum Gasteiger partial charge on any atom is 0.322 e. The van der Waals surface area contributed by atoms with E-state index in [9.17, 15) is 9.90 Å². The molecular weight excluding hydrogens is 254 g/mol. The predicted molar refractivity (Wildman–Crippen MR) is 64.8 cm³/mol. The van der Waals surface area contributed by atoms with Crippen LogP contribution in [0, 0.1) is 0 Å². The minimum Gasteiger partial charge on any atom is -0.512 e. The van der Waals surface area contributed by atoms with Crippen molar-refractivity contribution >= 4 is 12.0 Å². The lowest BCUT2D eigenvalue weighted by Crippen LogP contribution is -2.05. The van der Waals surface area contributed by atoms with Gasteiger partial charge in [0, 0.05) is 6.08 Å². The van der Waals surface area contributed by atoms with E-state index in [0.29, 0.717) is 0 Å². The second kappa shape index (κ2) is 7.14. The Hall–Kier alpha value is -2.38. The molecule has 1 aromatic rings. The molecule has 1 heterocycles. The zero-order chi connectivity index (χ0) is 14.3. The van der Waals surface area contributed by atoms with Gasteiger partial charge in [-0.25, -0.2) is 0 Å². The third-order valence-corrected chi connectivity index (χ3v) is 1.90. The van der Waals surface area contributed by atoms with Crippen LogP contribution in [0.4, 0.5) is 0 Å². The van der Waals surface area contributed by atoms with Gasteiger partial charge in [-0.3, -0.25) is 4.79 Å². The molecule has 0 amide bonds. The Morgan fingerprint density at radius 2 is 1.79 bits per heavy atom. The van der Waals surface area contributed by atoms with Crippen LogP contribution < -0.4 is 9.47 Å². The molecule has 0 aromatic carbocycles. The van der Waals surface area contributed by atoms with Gasteiger partial charge in [-0.15, -0.1) is 4.98 Å². The lowest BCUT2D eigenvalue weighted by Gasteiger charge is -2.03. The van der Waals surface area contributed by atoms with Crippen LogP contribution in [0.15, 0.2) is 5.76 Å². The Morgan fingerprint density at radius 1 is 1.21 bits per heavy atom. The number of esters is 1. The number of rotatable bonds is 6. The van der Waals surface area contributed by atoms with Crippen LogP contribution in [0.2, 0.25) is 0 Å². The summed E-state index contributed by atoms with van der Waals surface area (Å²) < 4.78 is 14.4. The Labute approximate surface area is 110 Å². The molecule has 1 rings (SSSR count). The summed E-state index contributed by atoms with van der Waals surface area (Å²) in [5.74, 6) is -0.650.